The number of amides is 1. The predicted octanol–water partition coefficient (Wildman–Crippen LogP) is 2.69. The fourth-order valence-electron chi connectivity index (χ4n) is 2.34. The molecule has 1 fully saturated rings. The molecule has 3 nitrogen and oxygen atoms in total. The highest BCUT2D eigenvalue weighted by atomic mass is 35.5. The van der Waals surface area contributed by atoms with Gasteiger partial charge in [-0.15, -0.1) is 0 Å². The number of rotatable bonds is 3. The van der Waals surface area contributed by atoms with E-state index in [0.717, 1.165) is 24.9 Å². The third-order valence-corrected chi connectivity index (χ3v) is 4.06. The van der Waals surface area contributed by atoms with Crippen LogP contribution in [0.4, 0.5) is 0 Å². The smallest absolute Gasteiger partial charge is 0.221 e. The standard InChI is InChI=1S/C13H16Cl2N2O/c14-11-4-1-5-12(15)10(11)8-17-6-2-3-9(7-17)13(16)18/h1,4-5,9H,2-3,6-8H2,(H2,16,18). The van der Waals surface area contributed by atoms with Gasteiger partial charge >= 0.3 is 0 Å². The van der Waals surface area contributed by atoms with Crippen LogP contribution in [-0.2, 0) is 11.3 Å². The van der Waals surface area contributed by atoms with E-state index in [9.17, 15) is 4.79 Å². The molecule has 0 radical (unpaired) electrons. The predicted molar refractivity (Wildman–Crippen MR) is 73.7 cm³/mol. The molecule has 1 heterocycles. The molecule has 1 aliphatic rings. The third-order valence-electron chi connectivity index (χ3n) is 3.35. The van der Waals surface area contributed by atoms with Gasteiger partial charge in [0, 0.05) is 28.7 Å². The van der Waals surface area contributed by atoms with Crippen molar-refractivity contribution in [2.24, 2.45) is 11.7 Å². The second kappa shape index (κ2) is 5.91. The maximum atomic E-state index is 11.2. The number of carbonyl (C=O) groups is 1. The van der Waals surface area contributed by atoms with E-state index in [-0.39, 0.29) is 11.8 Å². The van der Waals surface area contributed by atoms with Gasteiger partial charge in [-0.2, -0.15) is 0 Å². The minimum absolute atomic E-state index is 0.0555. The van der Waals surface area contributed by atoms with Crippen LogP contribution in [0.1, 0.15) is 18.4 Å². The second-order valence-electron chi connectivity index (χ2n) is 4.68. The molecule has 18 heavy (non-hydrogen) atoms. The molecule has 98 valence electrons. The Bertz CT molecular complexity index is 430. The minimum Gasteiger partial charge on any atom is -0.369 e. The van der Waals surface area contributed by atoms with Crippen molar-refractivity contribution in [2.45, 2.75) is 19.4 Å². The largest absolute Gasteiger partial charge is 0.369 e. The van der Waals surface area contributed by atoms with Crippen LogP contribution in [-0.4, -0.2) is 23.9 Å². The zero-order chi connectivity index (χ0) is 13.1. The van der Waals surface area contributed by atoms with E-state index in [4.69, 9.17) is 28.9 Å². The van der Waals surface area contributed by atoms with Crippen molar-refractivity contribution in [2.75, 3.05) is 13.1 Å². The first kappa shape index (κ1) is 13.7. The molecule has 2 N–H and O–H groups in total. The first-order valence-electron chi connectivity index (χ1n) is 6.02. The Morgan fingerprint density at radius 2 is 2.06 bits per heavy atom. The Kier molecular flexibility index (Phi) is 4.49. The summed E-state index contributed by atoms with van der Waals surface area (Å²) >= 11 is 12.3. The number of halogens is 2. The molecule has 1 aromatic carbocycles. The minimum atomic E-state index is -0.218. The van der Waals surface area contributed by atoms with Crippen LogP contribution in [0.5, 0.6) is 0 Å². The number of nitrogens with two attached hydrogens (primary N) is 1. The lowest BCUT2D eigenvalue weighted by molar-refractivity contribution is -0.123. The summed E-state index contributed by atoms with van der Waals surface area (Å²) in [4.78, 5) is 13.4. The Labute approximate surface area is 117 Å². The Hall–Kier alpha value is -0.770. The van der Waals surface area contributed by atoms with Crippen molar-refractivity contribution in [1.82, 2.24) is 4.90 Å². The quantitative estimate of drug-likeness (QED) is 0.929. The molecule has 0 saturated carbocycles. The van der Waals surface area contributed by atoms with Crippen LogP contribution in [0, 0.1) is 5.92 Å². The monoisotopic (exact) mass is 286 g/mol. The lowest BCUT2D eigenvalue weighted by Crippen LogP contribution is -2.40. The van der Waals surface area contributed by atoms with Gasteiger partial charge in [0.15, 0.2) is 0 Å². The van der Waals surface area contributed by atoms with Crippen molar-refractivity contribution >= 4 is 29.1 Å². The van der Waals surface area contributed by atoms with Crippen molar-refractivity contribution < 1.29 is 4.79 Å². The number of benzene rings is 1. The molecule has 1 atom stereocenters. The average molecular weight is 287 g/mol. The van der Waals surface area contributed by atoms with Crippen molar-refractivity contribution in [3.8, 4) is 0 Å². The molecule has 1 unspecified atom stereocenters. The highest BCUT2D eigenvalue weighted by molar-refractivity contribution is 6.35. The molecule has 1 aromatic rings. The fraction of sp³-hybridized carbons (Fsp3) is 0.462. The lowest BCUT2D eigenvalue weighted by Gasteiger charge is -2.31. The molecule has 0 aliphatic carbocycles. The van der Waals surface area contributed by atoms with E-state index < -0.39 is 0 Å². The second-order valence-corrected chi connectivity index (χ2v) is 5.49. The first-order valence-corrected chi connectivity index (χ1v) is 6.78. The van der Waals surface area contributed by atoms with Gasteiger partial charge in [-0.25, -0.2) is 0 Å². The molecule has 1 amide bonds. The summed E-state index contributed by atoms with van der Waals surface area (Å²) in [7, 11) is 0. The summed E-state index contributed by atoms with van der Waals surface area (Å²) in [6, 6.07) is 5.49. The third kappa shape index (κ3) is 3.16. The number of piperidine rings is 1. The SMILES string of the molecule is NC(=O)C1CCCN(Cc2c(Cl)cccc2Cl)C1. The van der Waals surface area contributed by atoms with Crippen molar-refractivity contribution in [3.63, 3.8) is 0 Å². The number of carbonyl (C=O) groups excluding carboxylic acids is 1. The van der Waals surface area contributed by atoms with Crippen LogP contribution in [0.15, 0.2) is 18.2 Å². The molecule has 5 heteroatoms. The molecule has 0 aromatic heterocycles. The lowest BCUT2D eigenvalue weighted by atomic mass is 9.97. The van der Waals surface area contributed by atoms with Gasteiger partial charge in [0.2, 0.25) is 5.91 Å². The Morgan fingerprint density at radius 1 is 1.39 bits per heavy atom. The molecule has 1 aliphatic heterocycles. The van der Waals surface area contributed by atoms with E-state index >= 15 is 0 Å². The fourth-order valence-corrected chi connectivity index (χ4v) is 2.86. The van der Waals surface area contributed by atoms with Crippen LogP contribution >= 0.6 is 23.2 Å². The van der Waals surface area contributed by atoms with Gasteiger partial charge in [-0.05, 0) is 31.5 Å². The zero-order valence-corrected chi connectivity index (χ0v) is 11.5. The van der Waals surface area contributed by atoms with Crippen molar-refractivity contribution in [3.05, 3.63) is 33.8 Å². The number of nitrogens with zero attached hydrogens (tertiary/aromatic N) is 1. The van der Waals surface area contributed by atoms with E-state index in [0.29, 0.717) is 23.1 Å². The number of hydrogen-bond donors (Lipinski definition) is 1. The van der Waals surface area contributed by atoms with Gasteiger partial charge < -0.3 is 5.73 Å². The van der Waals surface area contributed by atoms with Crippen LogP contribution in [0.2, 0.25) is 10.0 Å². The molecule has 0 spiro atoms. The molecular weight excluding hydrogens is 271 g/mol. The first-order chi connectivity index (χ1) is 8.58. The number of hydrogen-bond acceptors (Lipinski definition) is 2. The summed E-state index contributed by atoms with van der Waals surface area (Å²) in [5, 5.41) is 1.34. The number of likely N-dealkylation sites (tertiary alicyclic amines) is 1. The summed E-state index contributed by atoms with van der Waals surface area (Å²) < 4.78 is 0. The molecule has 1 saturated heterocycles. The van der Waals surface area contributed by atoms with Gasteiger partial charge in [-0.1, -0.05) is 29.3 Å². The summed E-state index contributed by atoms with van der Waals surface area (Å²) in [6.45, 7) is 2.31. The summed E-state index contributed by atoms with van der Waals surface area (Å²) in [5.74, 6) is -0.273. The maximum absolute atomic E-state index is 11.2. The van der Waals surface area contributed by atoms with Crippen molar-refractivity contribution in [1.29, 1.82) is 0 Å². The van der Waals surface area contributed by atoms with E-state index in [1.807, 2.05) is 18.2 Å². The van der Waals surface area contributed by atoms with Gasteiger partial charge in [-0.3, -0.25) is 9.69 Å². The summed E-state index contributed by atoms with van der Waals surface area (Å²) in [5.41, 5.74) is 6.29. The zero-order valence-electron chi connectivity index (χ0n) is 10.0. The molecular formula is C13H16Cl2N2O. The normalized spacial score (nSPS) is 20.9. The highest BCUT2D eigenvalue weighted by Crippen LogP contribution is 2.27. The van der Waals surface area contributed by atoms with E-state index in [1.165, 1.54) is 0 Å². The van der Waals surface area contributed by atoms with Crippen LogP contribution in [0.25, 0.3) is 0 Å². The average Bonchev–Trinajstić information content (AvgIpc) is 2.34. The van der Waals surface area contributed by atoms with Gasteiger partial charge in [0.1, 0.15) is 0 Å². The van der Waals surface area contributed by atoms with Gasteiger partial charge in [0.25, 0.3) is 0 Å². The van der Waals surface area contributed by atoms with Gasteiger partial charge in [0.05, 0.1) is 5.92 Å². The van der Waals surface area contributed by atoms with E-state index in [1.54, 1.807) is 0 Å². The van der Waals surface area contributed by atoms with Crippen LogP contribution < -0.4 is 5.73 Å². The Morgan fingerprint density at radius 3 is 2.67 bits per heavy atom. The maximum Gasteiger partial charge on any atom is 0.221 e. The highest BCUT2D eigenvalue weighted by Gasteiger charge is 2.24. The Balaban J connectivity index is 2.07. The topological polar surface area (TPSA) is 46.3 Å². The molecule has 0 bridgehead atoms. The number of primary amides is 1. The molecule has 2 rings (SSSR count). The van der Waals surface area contributed by atoms with E-state index in [2.05, 4.69) is 4.90 Å². The summed E-state index contributed by atoms with van der Waals surface area (Å²) in [6.07, 6.45) is 1.86. The van der Waals surface area contributed by atoms with Crippen LogP contribution in [0.3, 0.4) is 0 Å².